The Bertz CT molecular complexity index is 350. The highest BCUT2D eigenvalue weighted by atomic mass is 28.4. The second-order valence-electron chi connectivity index (χ2n) is 6.82. The van der Waals surface area contributed by atoms with Gasteiger partial charge in [-0.3, -0.25) is 0 Å². The molecule has 0 atom stereocenters. The third kappa shape index (κ3) is 3.42. The minimum absolute atomic E-state index is 0.0947. The first-order valence-electron chi connectivity index (χ1n) is 6.11. The lowest BCUT2D eigenvalue weighted by molar-refractivity contribution is 0.212. The van der Waals surface area contributed by atoms with Crippen LogP contribution in [-0.2, 0) is 9.84 Å². The van der Waals surface area contributed by atoms with E-state index in [2.05, 4.69) is 52.9 Å². The van der Waals surface area contributed by atoms with Crippen molar-refractivity contribution in [3.8, 4) is 0 Å². The SMILES string of the molecule is CC(C)(CO[Si](C)(C)C(C)(C)C)c1ccon1. The van der Waals surface area contributed by atoms with Crippen LogP contribution in [0, 0.1) is 0 Å². The number of nitrogens with zero attached hydrogens (tertiary/aromatic N) is 1. The molecule has 1 aromatic rings. The normalized spacial score (nSPS) is 14.1. The molecule has 0 radical (unpaired) electrons. The van der Waals surface area contributed by atoms with Crippen molar-refractivity contribution in [3.63, 3.8) is 0 Å². The Morgan fingerprint density at radius 2 is 1.82 bits per heavy atom. The second-order valence-corrected chi connectivity index (χ2v) is 11.6. The van der Waals surface area contributed by atoms with Crippen LogP contribution in [0.2, 0.25) is 18.1 Å². The van der Waals surface area contributed by atoms with Crippen LogP contribution in [0.3, 0.4) is 0 Å². The highest BCUT2D eigenvalue weighted by Gasteiger charge is 2.39. The van der Waals surface area contributed by atoms with Gasteiger partial charge in [0.15, 0.2) is 8.32 Å². The summed E-state index contributed by atoms with van der Waals surface area (Å²) in [7, 11) is -1.69. The molecule has 0 aliphatic carbocycles. The molecule has 1 aromatic heterocycles. The Morgan fingerprint density at radius 1 is 1.24 bits per heavy atom. The summed E-state index contributed by atoms with van der Waals surface area (Å²) in [5.74, 6) is 0. The van der Waals surface area contributed by atoms with E-state index >= 15 is 0 Å². The summed E-state index contributed by atoms with van der Waals surface area (Å²) in [6, 6.07) is 1.91. The van der Waals surface area contributed by atoms with Crippen LogP contribution in [0.4, 0.5) is 0 Å². The van der Waals surface area contributed by atoms with Crippen LogP contribution in [0.5, 0.6) is 0 Å². The summed E-state index contributed by atoms with van der Waals surface area (Å²) in [5.41, 5.74) is 0.860. The van der Waals surface area contributed by atoms with Gasteiger partial charge >= 0.3 is 0 Å². The van der Waals surface area contributed by atoms with Crippen LogP contribution >= 0.6 is 0 Å². The largest absolute Gasteiger partial charge is 0.416 e. The highest BCUT2D eigenvalue weighted by Crippen LogP contribution is 2.37. The van der Waals surface area contributed by atoms with E-state index in [0.717, 1.165) is 5.69 Å². The maximum Gasteiger partial charge on any atom is 0.192 e. The van der Waals surface area contributed by atoms with Gasteiger partial charge in [0.2, 0.25) is 0 Å². The predicted molar refractivity (Wildman–Crippen MR) is 72.7 cm³/mol. The average molecular weight is 255 g/mol. The number of rotatable bonds is 4. The summed E-state index contributed by atoms with van der Waals surface area (Å²) in [6.45, 7) is 16.3. The average Bonchev–Trinajstić information content (AvgIpc) is 2.66. The van der Waals surface area contributed by atoms with Gasteiger partial charge in [-0.25, -0.2) is 0 Å². The summed E-state index contributed by atoms with van der Waals surface area (Å²) >= 11 is 0. The molecule has 0 bridgehead atoms. The van der Waals surface area contributed by atoms with E-state index in [1.807, 2.05) is 6.07 Å². The van der Waals surface area contributed by atoms with Gasteiger partial charge in [-0.05, 0) is 18.1 Å². The lowest BCUT2D eigenvalue weighted by Crippen LogP contribution is -2.44. The Morgan fingerprint density at radius 3 is 2.24 bits per heavy atom. The van der Waals surface area contributed by atoms with Crippen molar-refractivity contribution in [2.75, 3.05) is 6.61 Å². The third-order valence-electron chi connectivity index (χ3n) is 3.73. The number of aromatic nitrogens is 1. The zero-order valence-corrected chi connectivity index (χ0v) is 13.1. The molecule has 0 aromatic carbocycles. The molecule has 4 heteroatoms. The first-order chi connectivity index (χ1) is 7.56. The van der Waals surface area contributed by atoms with Gasteiger partial charge in [0.05, 0.1) is 5.69 Å². The molecule has 0 saturated carbocycles. The Labute approximate surface area is 106 Å². The van der Waals surface area contributed by atoms with E-state index in [-0.39, 0.29) is 10.5 Å². The standard InChI is InChI=1S/C13H25NO2Si/c1-12(2,3)17(6,7)16-10-13(4,5)11-8-9-15-14-11/h8-9H,10H2,1-7H3. The van der Waals surface area contributed by atoms with Crippen LogP contribution in [0.1, 0.15) is 40.3 Å². The summed E-state index contributed by atoms with van der Waals surface area (Å²) in [6.07, 6.45) is 1.61. The van der Waals surface area contributed by atoms with Crippen LogP contribution in [0.15, 0.2) is 16.9 Å². The summed E-state index contributed by atoms with van der Waals surface area (Å²) in [4.78, 5) is 0. The molecule has 17 heavy (non-hydrogen) atoms. The zero-order chi connectivity index (χ0) is 13.3. The molecular formula is C13H25NO2Si. The molecule has 0 saturated heterocycles. The molecule has 0 aliphatic heterocycles. The molecule has 0 unspecified atom stereocenters. The van der Waals surface area contributed by atoms with E-state index in [9.17, 15) is 0 Å². The Kier molecular flexibility index (Phi) is 3.89. The fraction of sp³-hybridized carbons (Fsp3) is 0.769. The molecule has 0 N–H and O–H groups in total. The van der Waals surface area contributed by atoms with Gasteiger partial charge in [0.25, 0.3) is 0 Å². The molecule has 0 fully saturated rings. The summed E-state index contributed by atoms with van der Waals surface area (Å²) in [5, 5.41) is 4.25. The highest BCUT2D eigenvalue weighted by molar-refractivity contribution is 6.74. The smallest absolute Gasteiger partial charge is 0.192 e. The van der Waals surface area contributed by atoms with Gasteiger partial charge in [0, 0.05) is 18.1 Å². The van der Waals surface area contributed by atoms with Crippen molar-refractivity contribution in [2.24, 2.45) is 0 Å². The maximum atomic E-state index is 6.24. The Hall–Kier alpha value is -0.613. The van der Waals surface area contributed by atoms with Crippen molar-refractivity contribution in [1.82, 2.24) is 5.16 Å². The molecule has 0 spiro atoms. The minimum Gasteiger partial charge on any atom is -0.416 e. The van der Waals surface area contributed by atoms with Gasteiger partial charge in [0.1, 0.15) is 6.26 Å². The van der Waals surface area contributed by atoms with Crippen LogP contribution < -0.4 is 0 Å². The van der Waals surface area contributed by atoms with Crippen molar-refractivity contribution < 1.29 is 8.95 Å². The van der Waals surface area contributed by atoms with E-state index in [1.165, 1.54) is 0 Å². The van der Waals surface area contributed by atoms with Crippen molar-refractivity contribution in [1.29, 1.82) is 0 Å². The van der Waals surface area contributed by atoms with Gasteiger partial charge in [-0.2, -0.15) is 0 Å². The lowest BCUT2D eigenvalue weighted by Gasteiger charge is -2.38. The molecule has 0 aliphatic rings. The van der Waals surface area contributed by atoms with E-state index in [0.29, 0.717) is 6.61 Å². The first kappa shape index (κ1) is 14.4. The van der Waals surface area contributed by atoms with Crippen molar-refractivity contribution in [2.45, 2.75) is 58.2 Å². The monoisotopic (exact) mass is 255 g/mol. The van der Waals surface area contributed by atoms with Gasteiger partial charge in [-0.1, -0.05) is 39.8 Å². The molecular weight excluding hydrogens is 230 g/mol. The minimum atomic E-state index is -1.69. The molecule has 1 heterocycles. The zero-order valence-electron chi connectivity index (χ0n) is 12.1. The fourth-order valence-electron chi connectivity index (χ4n) is 1.21. The number of hydrogen-bond donors (Lipinski definition) is 0. The van der Waals surface area contributed by atoms with Crippen LogP contribution in [0.25, 0.3) is 0 Å². The van der Waals surface area contributed by atoms with E-state index in [4.69, 9.17) is 8.95 Å². The molecule has 0 amide bonds. The predicted octanol–water partition coefficient (Wildman–Crippen LogP) is 3.97. The van der Waals surface area contributed by atoms with Gasteiger partial charge in [-0.15, -0.1) is 0 Å². The third-order valence-corrected chi connectivity index (χ3v) is 8.21. The second kappa shape index (κ2) is 4.57. The Balaban J connectivity index is 2.68. The summed E-state index contributed by atoms with van der Waals surface area (Å²) < 4.78 is 11.1. The molecule has 1 rings (SSSR count). The first-order valence-corrected chi connectivity index (χ1v) is 9.02. The van der Waals surface area contributed by atoms with Crippen molar-refractivity contribution >= 4 is 8.32 Å². The van der Waals surface area contributed by atoms with Crippen molar-refractivity contribution in [3.05, 3.63) is 18.0 Å². The van der Waals surface area contributed by atoms with E-state index < -0.39 is 8.32 Å². The quantitative estimate of drug-likeness (QED) is 0.764. The fourth-order valence-corrected chi connectivity index (χ4v) is 2.37. The number of hydrogen-bond acceptors (Lipinski definition) is 3. The van der Waals surface area contributed by atoms with Crippen LogP contribution in [-0.4, -0.2) is 20.1 Å². The lowest BCUT2D eigenvalue weighted by atomic mass is 9.91. The topological polar surface area (TPSA) is 35.3 Å². The molecule has 98 valence electrons. The maximum absolute atomic E-state index is 6.24. The van der Waals surface area contributed by atoms with E-state index in [1.54, 1.807) is 6.26 Å². The van der Waals surface area contributed by atoms with Gasteiger partial charge < -0.3 is 8.95 Å². The molecule has 3 nitrogen and oxygen atoms in total.